The van der Waals surface area contributed by atoms with Crippen LogP contribution in [-0.2, 0) is 6.54 Å². The van der Waals surface area contributed by atoms with Crippen molar-refractivity contribution in [1.29, 1.82) is 0 Å². The van der Waals surface area contributed by atoms with Crippen molar-refractivity contribution < 1.29 is 4.79 Å². The first-order valence-electron chi connectivity index (χ1n) is 6.97. The van der Waals surface area contributed by atoms with Crippen LogP contribution in [0.4, 0.5) is 0 Å². The Labute approximate surface area is 128 Å². The number of benzene rings is 1. The molecule has 2 aromatic rings. The van der Waals surface area contributed by atoms with Crippen molar-refractivity contribution in [2.75, 3.05) is 0 Å². The van der Waals surface area contributed by atoms with E-state index in [1.165, 1.54) is 18.0 Å². The van der Waals surface area contributed by atoms with Crippen molar-refractivity contribution in [3.63, 3.8) is 0 Å². The van der Waals surface area contributed by atoms with E-state index in [2.05, 4.69) is 29.0 Å². The van der Waals surface area contributed by atoms with Crippen molar-refractivity contribution >= 4 is 17.5 Å². The standard InChI is InChI=1S/C16H16ClN3O/c1-11-3-2-4-12(7-11)10-20(13-5-6-13)16(21)14-8-19-15(17)9-18-14/h2-4,7-9,13H,5-6,10H2,1H3. The number of carbonyl (C=O) groups is 1. The summed E-state index contributed by atoms with van der Waals surface area (Å²) in [5, 5.41) is 0.295. The summed E-state index contributed by atoms with van der Waals surface area (Å²) in [7, 11) is 0. The molecular weight excluding hydrogens is 286 g/mol. The van der Waals surface area contributed by atoms with E-state index >= 15 is 0 Å². The van der Waals surface area contributed by atoms with Gasteiger partial charge in [-0.25, -0.2) is 9.97 Å². The molecule has 1 saturated carbocycles. The Morgan fingerprint density at radius 3 is 2.76 bits per heavy atom. The van der Waals surface area contributed by atoms with Crippen molar-refractivity contribution in [3.05, 3.63) is 58.6 Å². The normalized spacial score (nSPS) is 14.0. The average molecular weight is 302 g/mol. The fraction of sp³-hybridized carbons (Fsp3) is 0.312. The van der Waals surface area contributed by atoms with Crippen LogP contribution in [0.1, 0.15) is 34.5 Å². The van der Waals surface area contributed by atoms with Crippen LogP contribution in [-0.4, -0.2) is 26.8 Å². The number of hydrogen-bond donors (Lipinski definition) is 0. The molecule has 1 fully saturated rings. The summed E-state index contributed by atoms with van der Waals surface area (Å²) in [5.74, 6) is -0.0804. The smallest absolute Gasteiger partial charge is 0.274 e. The number of aryl methyl sites for hydroxylation is 1. The molecule has 1 aromatic heterocycles. The van der Waals surface area contributed by atoms with Gasteiger partial charge in [0.25, 0.3) is 5.91 Å². The van der Waals surface area contributed by atoms with Crippen molar-refractivity contribution in [2.45, 2.75) is 32.4 Å². The first kappa shape index (κ1) is 14.0. The van der Waals surface area contributed by atoms with Crippen LogP contribution in [0.5, 0.6) is 0 Å². The largest absolute Gasteiger partial charge is 0.330 e. The first-order chi connectivity index (χ1) is 10.1. The zero-order valence-corrected chi connectivity index (χ0v) is 12.5. The van der Waals surface area contributed by atoms with Crippen LogP contribution in [0.3, 0.4) is 0 Å². The number of amides is 1. The second kappa shape index (κ2) is 5.82. The Morgan fingerprint density at radius 1 is 1.33 bits per heavy atom. The van der Waals surface area contributed by atoms with E-state index in [1.54, 1.807) is 0 Å². The third kappa shape index (κ3) is 3.39. The highest BCUT2D eigenvalue weighted by atomic mass is 35.5. The molecule has 1 aliphatic carbocycles. The Balaban J connectivity index is 1.81. The fourth-order valence-corrected chi connectivity index (χ4v) is 2.43. The highest BCUT2D eigenvalue weighted by Gasteiger charge is 2.33. The maximum Gasteiger partial charge on any atom is 0.274 e. The van der Waals surface area contributed by atoms with Crippen molar-refractivity contribution in [2.24, 2.45) is 0 Å². The summed E-state index contributed by atoms with van der Waals surface area (Å²) >= 11 is 5.72. The minimum Gasteiger partial charge on any atom is -0.330 e. The minimum atomic E-state index is -0.0804. The van der Waals surface area contributed by atoms with Crippen LogP contribution in [0.2, 0.25) is 5.15 Å². The molecule has 0 saturated heterocycles. The first-order valence-corrected chi connectivity index (χ1v) is 7.35. The van der Waals surface area contributed by atoms with Gasteiger partial charge in [-0.2, -0.15) is 0 Å². The third-order valence-electron chi connectivity index (χ3n) is 3.52. The molecule has 1 aliphatic rings. The molecule has 5 heteroatoms. The summed E-state index contributed by atoms with van der Waals surface area (Å²) in [4.78, 5) is 22.5. The van der Waals surface area contributed by atoms with E-state index in [0.717, 1.165) is 18.4 Å². The second-order valence-corrected chi connectivity index (χ2v) is 5.76. The van der Waals surface area contributed by atoms with Crippen molar-refractivity contribution in [3.8, 4) is 0 Å². The number of carbonyl (C=O) groups excluding carboxylic acids is 1. The van der Waals surface area contributed by atoms with Crippen LogP contribution in [0.25, 0.3) is 0 Å². The zero-order valence-electron chi connectivity index (χ0n) is 11.8. The van der Waals surface area contributed by atoms with E-state index in [9.17, 15) is 4.79 Å². The van der Waals surface area contributed by atoms with Gasteiger partial charge >= 0.3 is 0 Å². The van der Waals surface area contributed by atoms with E-state index in [0.29, 0.717) is 23.4 Å². The molecule has 0 N–H and O–H groups in total. The van der Waals surface area contributed by atoms with E-state index in [-0.39, 0.29) is 5.91 Å². The Morgan fingerprint density at radius 2 is 2.14 bits per heavy atom. The Bertz CT molecular complexity index is 653. The van der Waals surface area contributed by atoms with Gasteiger partial charge in [-0.3, -0.25) is 4.79 Å². The van der Waals surface area contributed by atoms with Gasteiger partial charge in [-0.1, -0.05) is 41.4 Å². The number of hydrogen-bond acceptors (Lipinski definition) is 3. The highest BCUT2D eigenvalue weighted by Crippen LogP contribution is 2.29. The van der Waals surface area contributed by atoms with Gasteiger partial charge in [0.05, 0.1) is 12.4 Å². The van der Waals surface area contributed by atoms with Gasteiger partial charge in [-0.05, 0) is 25.3 Å². The highest BCUT2D eigenvalue weighted by molar-refractivity contribution is 6.29. The molecule has 108 valence electrons. The van der Waals surface area contributed by atoms with Crippen LogP contribution < -0.4 is 0 Å². The number of rotatable bonds is 4. The van der Waals surface area contributed by atoms with E-state index < -0.39 is 0 Å². The Hall–Kier alpha value is -1.94. The monoisotopic (exact) mass is 301 g/mol. The quantitative estimate of drug-likeness (QED) is 0.871. The van der Waals surface area contributed by atoms with Crippen LogP contribution in [0, 0.1) is 6.92 Å². The molecule has 1 aromatic carbocycles. The summed E-state index contributed by atoms with van der Waals surface area (Å²) in [5.41, 5.74) is 2.68. The van der Waals surface area contributed by atoms with Gasteiger partial charge in [0.15, 0.2) is 0 Å². The maximum absolute atomic E-state index is 12.6. The molecule has 4 nitrogen and oxygen atoms in total. The van der Waals surface area contributed by atoms with Gasteiger partial charge in [-0.15, -0.1) is 0 Å². The summed E-state index contributed by atoms with van der Waals surface area (Å²) in [6.45, 7) is 2.66. The topological polar surface area (TPSA) is 46.1 Å². The summed E-state index contributed by atoms with van der Waals surface area (Å²) < 4.78 is 0. The fourth-order valence-electron chi connectivity index (χ4n) is 2.33. The Kier molecular flexibility index (Phi) is 3.88. The van der Waals surface area contributed by atoms with Crippen molar-refractivity contribution in [1.82, 2.24) is 14.9 Å². The molecular formula is C16H16ClN3O. The van der Waals surface area contributed by atoms with Crippen LogP contribution in [0.15, 0.2) is 36.7 Å². The van der Waals surface area contributed by atoms with E-state index in [4.69, 9.17) is 11.6 Å². The van der Waals surface area contributed by atoms with E-state index in [1.807, 2.05) is 17.0 Å². The SMILES string of the molecule is Cc1cccc(CN(C(=O)c2cnc(Cl)cn2)C2CC2)c1. The van der Waals surface area contributed by atoms with Gasteiger partial charge in [0.2, 0.25) is 0 Å². The molecule has 0 spiro atoms. The molecule has 0 atom stereocenters. The van der Waals surface area contributed by atoms with Crippen LogP contribution >= 0.6 is 11.6 Å². The lowest BCUT2D eigenvalue weighted by molar-refractivity contribution is 0.0723. The number of halogens is 1. The maximum atomic E-state index is 12.6. The van der Waals surface area contributed by atoms with Gasteiger partial charge < -0.3 is 4.90 Å². The minimum absolute atomic E-state index is 0.0804. The molecule has 21 heavy (non-hydrogen) atoms. The third-order valence-corrected chi connectivity index (χ3v) is 3.72. The predicted octanol–water partition coefficient (Wildman–Crippen LogP) is 3.24. The lowest BCUT2D eigenvalue weighted by atomic mass is 10.1. The predicted molar refractivity (Wildman–Crippen MR) is 81.1 cm³/mol. The molecule has 1 heterocycles. The van der Waals surface area contributed by atoms with Gasteiger partial charge in [0.1, 0.15) is 10.8 Å². The summed E-state index contributed by atoms with van der Waals surface area (Å²) in [6.07, 6.45) is 4.96. The molecule has 3 rings (SSSR count). The summed E-state index contributed by atoms with van der Waals surface area (Å²) in [6, 6.07) is 8.54. The molecule has 0 bridgehead atoms. The lowest BCUT2D eigenvalue weighted by Gasteiger charge is -2.22. The van der Waals surface area contributed by atoms with Gasteiger partial charge in [0, 0.05) is 12.6 Å². The number of aromatic nitrogens is 2. The molecule has 1 amide bonds. The zero-order chi connectivity index (χ0) is 14.8. The molecule has 0 radical (unpaired) electrons. The molecule has 0 unspecified atom stereocenters. The molecule has 0 aliphatic heterocycles. The number of nitrogens with zero attached hydrogens (tertiary/aromatic N) is 3. The average Bonchev–Trinajstić information content (AvgIpc) is 3.29. The second-order valence-electron chi connectivity index (χ2n) is 5.38. The lowest BCUT2D eigenvalue weighted by Crippen LogP contribution is -2.33.